The first-order chi connectivity index (χ1) is 8.54. The number of carbonyl (C=O) groups excluding carboxylic acids is 1. The molecule has 0 aliphatic heterocycles. The molecule has 1 saturated carbocycles. The number of nitrogens with two attached hydrogens (primary N) is 1. The van der Waals surface area contributed by atoms with E-state index in [2.05, 4.69) is 0 Å². The number of Topliss-reactive ketones (excluding diaryl/α,β-unsaturated/α-hetero) is 1. The largest absolute Gasteiger partial charge is 0.330 e. The van der Waals surface area contributed by atoms with Crippen molar-refractivity contribution >= 4 is 29.0 Å². The normalized spacial score (nSPS) is 17.3. The van der Waals surface area contributed by atoms with Crippen molar-refractivity contribution in [3.05, 3.63) is 33.8 Å². The molecule has 2 N–H and O–H groups in total. The first-order valence-electron chi connectivity index (χ1n) is 6.20. The van der Waals surface area contributed by atoms with Crippen molar-refractivity contribution < 1.29 is 4.79 Å². The fraction of sp³-hybridized carbons (Fsp3) is 0.500. The van der Waals surface area contributed by atoms with Gasteiger partial charge in [-0.15, -0.1) is 0 Å². The molecule has 0 aromatic heterocycles. The lowest BCUT2D eigenvalue weighted by Crippen LogP contribution is -2.39. The van der Waals surface area contributed by atoms with E-state index in [1.54, 1.807) is 18.2 Å². The smallest absolute Gasteiger partial charge is 0.137 e. The standard InChI is InChI=1S/C14H17Cl2NO/c15-11-2-3-13(16)10(6-11)7-12(18)8-14(9-17)4-1-5-14/h2-3,6H,1,4-5,7-9,17H2. The van der Waals surface area contributed by atoms with Gasteiger partial charge in [-0.1, -0.05) is 29.6 Å². The molecule has 0 unspecified atom stereocenters. The molecule has 98 valence electrons. The van der Waals surface area contributed by atoms with Crippen LogP contribution in [-0.2, 0) is 11.2 Å². The Balaban J connectivity index is 2.00. The maximum atomic E-state index is 12.1. The Labute approximate surface area is 117 Å². The summed E-state index contributed by atoms with van der Waals surface area (Å²) in [6.45, 7) is 0.599. The van der Waals surface area contributed by atoms with Crippen molar-refractivity contribution in [3.8, 4) is 0 Å². The highest BCUT2D eigenvalue weighted by molar-refractivity contribution is 6.33. The summed E-state index contributed by atoms with van der Waals surface area (Å²) in [6, 6.07) is 5.22. The average molecular weight is 286 g/mol. The fourth-order valence-electron chi connectivity index (χ4n) is 2.50. The van der Waals surface area contributed by atoms with Crippen LogP contribution in [0.1, 0.15) is 31.2 Å². The molecule has 2 rings (SSSR count). The van der Waals surface area contributed by atoms with Gasteiger partial charge in [0.25, 0.3) is 0 Å². The Hall–Kier alpha value is -0.570. The van der Waals surface area contributed by atoms with Crippen LogP contribution in [0.25, 0.3) is 0 Å². The lowest BCUT2D eigenvalue weighted by Gasteiger charge is -2.40. The quantitative estimate of drug-likeness (QED) is 0.898. The molecule has 0 saturated heterocycles. The fourth-order valence-corrected chi connectivity index (χ4v) is 2.88. The highest BCUT2D eigenvalue weighted by Crippen LogP contribution is 2.43. The van der Waals surface area contributed by atoms with Crippen LogP contribution in [0.2, 0.25) is 10.0 Å². The van der Waals surface area contributed by atoms with Crippen molar-refractivity contribution in [2.75, 3.05) is 6.54 Å². The summed E-state index contributed by atoms with van der Waals surface area (Å²) in [6.07, 6.45) is 4.23. The molecule has 1 fully saturated rings. The molecule has 0 amide bonds. The monoisotopic (exact) mass is 285 g/mol. The minimum Gasteiger partial charge on any atom is -0.330 e. The number of carbonyl (C=O) groups is 1. The third kappa shape index (κ3) is 3.05. The second-order valence-electron chi connectivity index (χ2n) is 5.19. The van der Waals surface area contributed by atoms with Crippen molar-refractivity contribution in [2.24, 2.45) is 11.1 Å². The predicted octanol–water partition coefficient (Wildman–Crippen LogP) is 3.62. The Morgan fingerprint density at radius 3 is 2.61 bits per heavy atom. The first kappa shape index (κ1) is 13.9. The van der Waals surface area contributed by atoms with Gasteiger partial charge in [0.15, 0.2) is 0 Å². The molecule has 0 atom stereocenters. The molecular weight excluding hydrogens is 269 g/mol. The maximum absolute atomic E-state index is 12.1. The molecule has 0 spiro atoms. The molecule has 1 aliphatic carbocycles. The molecule has 18 heavy (non-hydrogen) atoms. The molecule has 1 aromatic carbocycles. The zero-order valence-corrected chi connectivity index (χ0v) is 11.7. The third-order valence-corrected chi connectivity index (χ3v) is 4.42. The molecule has 4 heteroatoms. The van der Waals surface area contributed by atoms with Crippen LogP contribution >= 0.6 is 23.2 Å². The lowest BCUT2D eigenvalue weighted by atomic mass is 9.65. The zero-order valence-electron chi connectivity index (χ0n) is 10.2. The Bertz CT molecular complexity index is 450. The van der Waals surface area contributed by atoms with E-state index in [1.165, 1.54) is 6.42 Å². The second kappa shape index (κ2) is 5.60. The second-order valence-corrected chi connectivity index (χ2v) is 6.03. The van der Waals surface area contributed by atoms with Crippen LogP contribution in [0.4, 0.5) is 0 Å². The number of hydrogen-bond acceptors (Lipinski definition) is 2. The van der Waals surface area contributed by atoms with Gasteiger partial charge in [0.05, 0.1) is 0 Å². The summed E-state index contributed by atoms with van der Waals surface area (Å²) in [5, 5.41) is 1.21. The molecular formula is C14H17Cl2NO. The van der Waals surface area contributed by atoms with E-state index in [0.717, 1.165) is 18.4 Å². The van der Waals surface area contributed by atoms with Gasteiger partial charge < -0.3 is 5.73 Å². The minimum absolute atomic E-state index is 0.0577. The van der Waals surface area contributed by atoms with E-state index in [4.69, 9.17) is 28.9 Å². The lowest BCUT2D eigenvalue weighted by molar-refractivity contribution is -0.122. The highest BCUT2D eigenvalue weighted by atomic mass is 35.5. The zero-order chi connectivity index (χ0) is 13.2. The molecule has 0 radical (unpaired) electrons. The number of ketones is 1. The number of rotatable bonds is 5. The van der Waals surface area contributed by atoms with Crippen LogP contribution in [0.15, 0.2) is 18.2 Å². The molecule has 0 bridgehead atoms. The van der Waals surface area contributed by atoms with E-state index < -0.39 is 0 Å². The molecule has 0 heterocycles. The molecule has 1 aromatic rings. The summed E-state index contributed by atoms with van der Waals surface area (Å²) < 4.78 is 0. The van der Waals surface area contributed by atoms with E-state index >= 15 is 0 Å². The van der Waals surface area contributed by atoms with E-state index in [9.17, 15) is 4.79 Å². The summed E-state index contributed by atoms with van der Waals surface area (Å²) in [5.41, 5.74) is 6.63. The molecule has 1 aliphatic rings. The van der Waals surface area contributed by atoms with E-state index in [1.807, 2.05) is 0 Å². The SMILES string of the molecule is NCC1(CC(=O)Cc2cc(Cl)ccc2Cl)CCC1. The average Bonchev–Trinajstić information content (AvgIpc) is 2.28. The van der Waals surface area contributed by atoms with Gasteiger partial charge in [-0.2, -0.15) is 0 Å². The van der Waals surface area contributed by atoms with Crippen molar-refractivity contribution in [1.29, 1.82) is 0 Å². The van der Waals surface area contributed by atoms with Gasteiger partial charge in [0.1, 0.15) is 5.78 Å². The van der Waals surface area contributed by atoms with Crippen LogP contribution < -0.4 is 5.73 Å². The maximum Gasteiger partial charge on any atom is 0.137 e. The summed E-state index contributed by atoms with van der Waals surface area (Å²) >= 11 is 12.0. The highest BCUT2D eigenvalue weighted by Gasteiger charge is 2.37. The Morgan fingerprint density at radius 2 is 2.06 bits per heavy atom. The Kier molecular flexibility index (Phi) is 4.31. The minimum atomic E-state index is 0.0577. The Morgan fingerprint density at radius 1 is 1.33 bits per heavy atom. The van der Waals surface area contributed by atoms with Gasteiger partial charge in [-0.05, 0) is 48.6 Å². The topological polar surface area (TPSA) is 43.1 Å². The third-order valence-electron chi connectivity index (χ3n) is 3.81. The number of hydrogen-bond donors (Lipinski definition) is 1. The van der Waals surface area contributed by atoms with Crippen LogP contribution in [0.5, 0.6) is 0 Å². The van der Waals surface area contributed by atoms with Crippen LogP contribution in [0, 0.1) is 5.41 Å². The summed E-state index contributed by atoms with van der Waals surface area (Å²) in [7, 11) is 0. The van der Waals surface area contributed by atoms with Crippen molar-refractivity contribution in [2.45, 2.75) is 32.1 Å². The van der Waals surface area contributed by atoms with Crippen molar-refractivity contribution in [3.63, 3.8) is 0 Å². The number of halogens is 2. The summed E-state index contributed by atoms with van der Waals surface area (Å²) in [4.78, 5) is 12.1. The van der Waals surface area contributed by atoms with Gasteiger partial charge in [-0.3, -0.25) is 4.79 Å². The molecule has 2 nitrogen and oxygen atoms in total. The van der Waals surface area contributed by atoms with E-state index in [-0.39, 0.29) is 11.2 Å². The van der Waals surface area contributed by atoms with Crippen molar-refractivity contribution in [1.82, 2.24) is 0 Å². The van der Waals surface area contributed by atoms with Gasteiger partial charge in [0.2, 0.25) is 0 Å². The van der Waals surface area contributed by atoms with E-state index in [0.29, 0.717) is 29.4 Å². The van der Waals surface area contributed by atoms with Gasteiger partial charge in [0, 0.05) is 22.9 Å². The van der Waals surface area contributed by atoms with Crippen LogP contribution in [-0.4, -0.2) is 12.3 Å². The van der Waals surface area contributed by atoms with Crippen LogP contribution in [0.3, 0.4) is 0 Å². The van der Waals surface area contributed by atoms with Gasteiger partial charge >= 0.3 is 0 Å². The predicted molar refractivity (Wildman–Crippen MR) is 75.1 cm³/mol. The number of benzene rings is 1. The summed E-state index contributed by atoms with van der Waals surface area (Å²) in [5.74, 6) is 0.198. The van der Waals surface area contributed by atoms with Gasteiger partial charge in [-0.25, -0.2) is 0 Å². The first-order valence-corrected chi connectivity index (χ1v) is 6.96.